The average molecular weight is 911 g/mol. The molecule has 0 spiro atoms. The molecule has 28 heteroatoms. The van der Waals surface area contributed by atoms with Gasteiger partial charge in [0.25, 0.3) is 0 Å². The summed E-state index contributed by atoms with van der Waals surface area (Å²) in [5.41, 5.74) is 0. The second-order valence-corrected chi connectivity index (χ2v) is 15.5. The fourth-order valence-corrected chi connectivity index (χ4v) is 7.75. The Morgan fingerprint density at radius 2 is 1.00 bits per heavy atom. The molecule has 25 atom stereocenters. The van der Waals surface area contributed by atoms with Gasteiger partial charge in [0.15, 0.2) is 31.5 Å². The van der Waals surface area contributed by atoms with Gasteiger partial charge in [0.05, 0.1) is 33.0 Å². The molecule has 0 saturated carbocycles. The van der Waals surface area contributed by atoms with Crippen molar-refractivity contribution in [2.24, 2.45) is 0 Å². The number of amides is 2. The highest BCUT2D eigenvalue weighted by Crippen LogP contribution is 2.37. The van der Waals surface area contributed by atoms with Gasteiger partial charge in [0.1, 0.15) is 122 Å². The van der Waals surface area contributed by atoms with Crippen molar-refractivity contribution in [1.82, 2.24) is 10.6 Å². The van der Waals surface area contributed by atoms with Crippen LogP contribution in [0.25, 0.3) is 0 Å². The van der Waals surface area contributed by atoms with Crippen molar-refractivity contribution in [3.63, 3.8) is 0 Å². The maximum Gasteiger partial charge on any atom is 0.217 e. The Hall–Kier alpha value is -2.02. The van der Waals surface area contributed by atoms with Gasteiger partial charge < -0.3 is 130 Å². The molecule has 0 aliphatic carbocycles. The molecule has 5 fully saturated rings. The van der Waals surface area contributed by atoms with E-state index in [2.05, 4.69) is 10.6 Å². The largest absolute Gasteiger partial charge is 0.394 e. The van der Waals surface area contributed by atoms with E-state index >= 15 is 0 Å². The van der Waals surface area contributed by atoms with Crippen LogP contribution in [0.1, 0.15) is 13.8 Å². The van der Waals surface area contributed by atoms with Gasteiger partial charge in [-0.2, -0.15) is 0 Å². The first-order chi connectivity index (χ1) is 29.3. The zero-order valence-electron chi connectivity index (χ0n) is 33.2. The number of hydrogen-bond acceptors (Lipinski definition) is 26. The Bertz CT molecular complexity index is 1440. The van der Waals surface area contributed by atoms with Gasteiger partial charge >= 0.3 is 0 Å². The van der Waals surface area contributed by atoms with Crippen molar-refractivity contribution in [2.45, 2.75) is 167 Å². The minimum atomic E-state index is -2.03. The lowest BCUT2D eigenvalue weighted by atomic mass is 9.96. The summed E-state index contributed by atoms with van der Waals surface area (Å²) in [6.45, 7) is -2.37. The highest BCUT2D eigenvalue weighted by atomic mass is 16.8. The van der Waals surface area contributed by atoms with Crippen LogP contribution in [0.3, 0.4) is 0 Å². The molecule has 2 amide bonds. The molecule has 5 aliphatic heterocycles. The molecule has 0 aromatic carbocycles. The number of hydrogen-bond donors (Lipinski definition) is 17. The monoisotopic (exact) mass is 910 g/mol. The Morgan fingerprint density at radius 3 is 1.60 bits per heavy atom. The standard InChI is InChI=1S/C34H58N2O26/c1-8(41)35-15-20(48)18(46)14(55-30(15)53)7-54-34-29(23(51)25(58-34)10(43)3-37)62-31-16(36-9(2)42)27(19(47)13(6-40)56-31)60-33-24(52)28(26(59-33)11(44)4-38)61-32-22(50)21(49)17(45)12(5-39)57-32/h10-34,37-40,43-53H,3-7H2,1-2H3,(H,35,41)(H,36,42)/t10-,11-,12-,13-,14-,15-,16-,17-,18-,19-,20-,21+,22-,23+,24-,25+,26+,27-,28-,29-,30-,31+,32-,33+,34-/m1/s1. The molecule has 62 heavy (non-hydrogen) atoms. The first-order valence-corrected chi connectivity index (χ1v) is 19.6. The summed E-state index contributed by atoms with van der Waals surface area (Å²) in [6.07, 6.45) is -41.5. The molecule has 5 aliphatic rings. The van der Waals surface area contributed by atoms with E-state index in [1.807, 2.05) is 0 Å². The van der Waals surface area contributed by atoms with Crippen molar-refractivity contribution < 1.29 is 129 Å². The van der Waals surface area contributed by atoms with Gasteiger partial charge in [-0.05, 0) is 0 Å². The summed E-state index contributed by atoms with van der Waals surface area (Å²) in [6, 6.07) is -3.13. The summed E-state index contributed by atoms with van der Waals surface area (Å²) in [5.74, 6) is -1.48. The van der Waals surface area contributed by atoms with Crippen LogP contribution < -0.4 is 10.6 Å². The van der Waals surface area contributed by atoms with Crippen LogP contribution in [0.2, 0.25) is 0 Å². The summed E-state index contributed by atoms with van der Waals surface area (Å²) in [5, 5.41) is 162. The van der Waals surface area contributed by atoms with E-state index in [1.54, 1.807) is 0 Å². The van der Waals surface area contributed by atoms with Gasteiger partial charge in [-0.1, -0.05) is 0 Å². The molecule has 17 N–H and O–H groups in total. The number of aliphatic hydroxyl groups excluding tert-OH is 15. The summed E-state index contributed by atoms with van der Waals surface area (Å²) < 4.78 is 51.2. The number of carbonyl (C=O) groups is 2. The topological polar surface area (TPSA) is 445 Å². The predicted octanol–water partition coefficient (Wildman–Crippen LogP) is -11.6. The number of ether oxygens (including phenoxy) is 9. The zero-order valence-corrected chi connectivity index (χ0v) is 33.2. The van der Waals surface area contributed by atoms with E-state index in [-0.39, 0.29) is 0 Å². The molecule has 0 aromatic heterocycles. The molecular formula is C34H58N2O26. The predicted molar refractivity (Wildman–Crippen MR) is 190 cm³/mol. The maximum absolute atomic E-state index is 12.6. The lowest BCUT2D eigenvalue weighted by Crippen LogP contribution is -2.67. The quantitative estimate of drug-likeness (QED) is 0.0644. The molecule has 28 nitrogen and oxygen atoms in total. The maximum atomic E-state index is 12.6. The Kier molecular flexibility index (Phi) is 18.1. The highest BCUT2D eigenvalue weighted by Gasteiger charge is 2.58. The first-order valence-electron chi connectivity index (χ1n) is 19.6. The van der Waals surface area contributed by atoms with Gasteiger partial charge in [0.2, 0.25) is 11.8 Å². The smallest absolute Gasteiger partial charge is 0.217 e. The first kappa shape index (κ1) is 51.0. The number of carbonyl (C=O) groups excluding carboxylic acids is 2. The van der Waals surface area contributed by atoms with Crippen LogP contribution in [-0.2, 0) is 52.2 Å². The van der Waals surface area contributed by atoms with Crippen molar-refractivity contribution >= 4 is 11.8 Å². The van der Waals surface area contributed by atoms with Crippen LogP contribution in [0, 0.1) is 0 Å². The molecular weight excluding hydrogens is 852 g/mol. The molecule has 0 radical (unpaired) electrons. The third kappa shape index (κ3) is 11.0. The van der Waals surface area contributed by atoms with E-state index in [4.69, 9.17) is 42.6 Å². The molecule has 0 aromatic rings. The summed E-state index contributed by atoms with van der Waals surface area (Å²) >= 11 is 0. The number of aliphatic hydroxyl groups is 15. The Balaban J connectivity index is 1.38. The molecule has 0 bridgehead atoms. The fraction of sp³-hybridized carbons (Fsp3) is 0.941. The minimum absolute atomic E-state index is 0.659. The van der Waals surface area contributed by atoms with E-state index in [1.165, 1.54) is 0 Å². The van der Waals surface area contributed by atoms with Crippen LogP contribution >= 0.6 is 0 Å². The van der Waals surface area contributed by atoms with Crippen molar-refractivity contribution in [1.29, 1.82) is 0 Å². The Labute approximate surface area is 351 Å². The van der Waals surface area contributed by atoms with Gasteiger partial charge in [-0.3, -0.25) is 9.59 Å². The van der Waals surface area contributed by atoms with Crippen molar-refractivity contribution in [2.75, 3.05) is 33.0 Å². The lowest BCUT2D eigenvalue weighted by molar-refractivity contribution is -0.327. The fourth-order valence-electron chi connectivity index (χ4n) is 7.75. The van der Waals surface area contributed by atoms with Crippen LogP contribution in [-0.4, -0.2) is 275 Å². The van der Waals surface area contributed by atoms with Gasteiger partial charge in [0, 0.05) is 13.8 Å². The second-order valence-electron chi connectivity index (χ2n) is 15.5. The minimum Gasteiger partial charge on any atom is -0.394 e. The summed E-state index contributed by atoms with van der Waals surface area (Å²) in [7, 11) is 0. The second kappa shape index (κ2) is 22.0. The molecule has 0 unspecified atom stereocenters. The van der Waals surface area contributed by atoms with E-state index in [0.717, 1.165) is 13.8 Å². The molecule has 5 saturated heterocycles. The van der Waals surface area contributed by atoms with Gasteiger partial charge in [-0.15, -0.1) is 0 Å². The lowest BCUT2D eigenvalue weighted by Gasteiger charge is -2.46. The highest BCUT2D eigenvalue weighted by molar-refractivity contribution is 5.73. The SMILES string of the molecule is CC(=O)N[C@@H]1[C@@H](O)[C@H](O)[C@@H](CO[C@@H]2O[C@@H]([C@H](O)CO)[C@H](O)[C@H]2O[C@@H]2O[C@H](CO)[C@@H](O)[C@H](O[C@@H]3O[C@@H]([C@H](O)CO)[C@H](O[C@H]4O[C@H](CO)[C@@H](O)[C@H](O)[C@H]4O)[C@H]3O)[C@H]2NC(C)=O)O[C@H]1O. The van der Waals surface area contributed by atoms with E-state index < -0.39 is 198 Å². The third-order valence-electron chi connectivity index (χ3n) is 11.1. The third-order valence-corrected chi connectivity index (χ3v) is 11.1. The van der Waals surface area contributed by atoms with Crippen LogP contribution in [0.5, 0.6) is 0 Å². The van der Waals surface area contributed by atoms with Gasteiger partial charge in [-0.25, -0.2) is 0 Å². The van der Waals surface area contributed by atoms with E-state index in [0.29, 0.717) is 0 Å². The number of rotatable bonds is 17. The average Bonchev–Trinajstić information content (AvgIpc) is 3.72. The van der Waals surface area contributed by atoms with E-state index in [9.17, 15) is 86.2 Å². The molecule has 5 rings (SSSR count). The zero-order chi connectivity index (χ0) is 45.9. The molecule has 5 heterocycles. The Morgan fingerprint density at radius 1 is 0.500 bits per heavy atom. The normalized spacial score (nSPS) is 47.2. The number of nitrogens with one attached hydrogen (secondary N) is 2. The summed E-state index contributed by atoms with van der Waals surface area (Å²) in [4.78, 5) is 24.2. The van der Waals surface area contributed by atoms with Crippen molar-refractivity contribution in [3.05, 3.63) is 0 Å². The van der Waals surface area contributed by atoms with Crippen LogP contribution in [0.4, 0.5) is 0 Å². The van der Waals surface area contributed by atoms with Crippen LogP contribution in [0.15, 0.2) is 0 Å². The van der Waals surface area contributed by atoms with Crippen molar-refractivity contribution in [3.8, 4) is 0 Å². The molecule has 360 valence electrons.